The van der Waals surface area contributed by atoms with Gasteiger partial charge in [-0.2, -0.15) is 0 Å². The van der Waals surface area contributed by atoms with Gasteiger partial charge in [-0.25, -0.2) is 4.79 Å². The molecule has 0 unspecified atom stereocenters. The number of rotatable bonds is 5. The molecule has 0 aromatic carbocycles. The molecule has 4 aliphatic rings. The monoisotopic (exact) mass is 440 g/mol. The van der Waals surface area contributed by atoms with Crippen molar-refractivity contribution in [1.29, 1.82) is 0 Å². The zero-order valence-corrected chi connectivity index (χ0v) is 20.5. The Hall–Kier alpha value is -1.71. The fraction of sp³-hybridized carbons (Fsp3) is 0.750. The molecule has 0 aromatic rings. The fourth-order valence-electron chi connectivity index (χ4n) is 8.08. The van der Waals surface area contributed by atoms with Crippen molar-refractivity contribution in [3.8, 4) is 0 Å². The van der Waals surface area contributed by atoms with Crippen molar-refractivity contribution < 1.29 is 19.5 Å². The molecule has 2 fully saturated rings. The van der Waals surface area contributed by atoms with Crippen molar-refractivity contribution in [2.75, 3.05) is 0 Å². The van der Waals surface area contributed by atoms with Crippen LogP contribution < -0.4 is 0 Å². The minimum atomic E-state index is -0.833. The van der Waals surface area contributed by atoms with Gasteiger partial charge in [0, 0.05) is 23.8 Å². The van der Waals surface area contributed by atoms with Gasteiger partial charge in [-0.15, -0.1) is 0 Å². The van der Waals surface area contributed by atoms with E-state index in [0.717, 1.165) is 38.5 Å². The van der Waals surface area contributed by atoms with Gasteiger partial charge >= 0.3 is 5.97 Å². The van der Waals surface area contributed by atoms with Crippen LogP contribution in [0, 0.1) is 40.4 Å². The smallest absolute Gasteiger partial charge is 0.330 e. The fourth-order valence-corrected chi connectivity index (χ4v) is 8.08. The third-order valence-electron chi connectivity index (χ3n) is 10.1. The van der Waals surface area contributed by atoms with Crippen LogP contribution in [0.3, 0.4) is 0 Å². The van der Waals surface area contributed by atoms with E-state index in [1.165, 1.54) is 17.6 Å². The summed E-state index contributed by atoms with van der Waals surface area (Å²) in [6.07, 6.45) is 10.2. The third kappa shape index (κ3) is 3.62. The summed E-state index contributed by atoms with van der Waals surface area (Å²) in [6.45, 7) is 10.5. The van der Waals surface area contributed by atoms with E-state index < -0.39 is 11.4 Å². The zero-order valence-electron chi connectivity index (χ0n) is 20.5. The number of ketones is 2. The van der Waals surface area contributed by atoms with Gasteiger partial charge in [0.25, 0.3) is 0 Å². The second kappa shape index (κ2) is 8.25. The number of Topliss-reactive ketones (excluding diaryl/α,β-unsaturated/α-hetero) is 2. The molecule has 0 heterocycles. The molecule has 0 aliphatic heterocycles. The lowest BCUT2D eigenvalue weighted by Crippen LogP contribution is -2.53. The van der Waals surface area contributed by atoms with Crippen LogP contribution in [0.15, 0.2) is 22.8 Å². The Balaban J connectivity index is 1.55. The van der Waals surface area contributed by atoms with Crippen molar-refractivity contribution in [3.05, 3.63) is 22.8 Å². The molecule has 176 valence electrons. The highest BCUT2D eigenvalue weighted by atomic mass is 16.4. The third-order valence-corrected chi connectivity index (χ3v) is 10.1. The number of fused-ring (bicyclic) bond motifs is 4. The number of carbonyl (C=O) groups excluding carboxylic acids is 2. The lowest BCUT2D eigenvalue weighted by molar-refractivity contribution is -0.141. The average molecular weight is 441 g/mol. The van der Waals surface area contributed by atoms with Gasteiger partial charge in [0.05, 0.1) is 0 Å². The minimum Gasteiger partial charge on any atom is -0.478 e. The first-order chi connectivity index (χ1) is 15.0. The first-order valence-corrected chi connectivity index (χ1v) is 12.7. The minimum absolute atomic E-state index is 0.00548. The van der Waals surface area contributed by atoms with Crippen molar-refractivity contribution in [2.24, 2.45) is 40.4 Å². The van der Waals surface area contributed by atoms with Crippen LogP contribution in [-0.2, 0) is 14.4 Å². The lowest BCUT2D eigenvalue weighted by Gasteiger charge is -2.55. The number of carbonyl (C=O) groups is 3. The number of aliphatic carboxylic acids is 1. The molecule has 4 aliphatic carbocycles. The second-order valence-corrected chi connectivity index (χ2v) is 11.9. The Morgan fingerprint density at radius 1 is 1.16 bits per heavy atom. The zero-order chi connectivity index (χ0) is 23.4. The number of hydrogen-bond donors (Lipinski definition) is 1. The van der Waals surface area contributed by atoms with Crippen LogP contribution in [0.2, 0.25) is 0 Å². The molecule has 4 heteroatoms. The van der Waals surface area contributed by atoms with E-state index in [0.29, 0.717) is 53.7 Å². The number of hydrogen-bond acceptors (Lipinski definition) is 3. The predicted octanol–water partition coefficient (Wildman–Crippen LogP) is 6.15. The molecule has 4 nitrogen and oxygen atoms in total. The van der Waals surface area contributed by atoms with Crippen molar-refractivity contribution >= 4 is 17.5 Å². The van der Waals surface area contributed by atoms with E-state index in [4.69, 9.17) is 5.11 Å². The van der Waals surface area contributed by atoms with Crippen LogP contribution >= 0.6 is 0 Å². The van der Waals surface area contributed by atoms with Gasteiger partial charge < -0.3 is 5.11 Å². The summed E-state index contributed by atoms with van der Waals surface area (Å²) in [5.41, 5.74) is 2.59. The highest BCUT2D eigenvalue weighted by Gasteiger charge is 2.58. The van der Waals surface area contributed by atoms with Crippen LogP contribution in [0.25, 0.3) is 0 Å². The van der Waals surface area contributed by atoms with Gasteiger partial charge in [0.15, 0.2) is 5.78 Å². The molecule has 32 heavy (non-hydrogen) atoms. The first kappa shape index (κ1) is 23.4. The summed E-state index contributed by atoms with van der Waals surface area (Å²) in [5, 5.41) is 9.07. The summed E-state index contributed by atoms with van der Waals surface area (Å²) in [7, 11) is 0. The maximum atomic E-state index is 13.5. The van der Waals surface area contributed by atoms with Crippen molar-refractivity contribution in [1.82, 2.24) is 0 Å². The van der Waals surface area contributed by atoms with Crippen LogP contribution in [0.5, 0.6) is 0 Å². The topological polar surface area (TPSA) is 71.4 Å². The normalized spacial score (nSPS) is 37.6. The van der Waals surface area contributed by atoms with E-state index in [9.17, 15) is 14.4 Å². The van der Waals surface area contributed by atoms with E-state index in [-0.39, 0.29) is 11.3 Å². The molecule has 0 saturated heterocycles. The molecule has 0 bridgehead atoms. The predicted molar refractivity (Wildman–Crippen MR) is 125 cm³/mol. The standard InChI is InChI=1S/C28H40O4/c1-16(7-6-8-17(2)26(31)32)18-9-10-20-19(18)11-12-21-25(20)22(29)15-23-27(3,4)24(30)13-14-28(21,23)5/h8,16,18-20,23H,6-7,9-15H2,1-5H3,(H,31,32)/b17-8-/t16-,18-,19-,20-,23+,28-/m1/s1. The molecule has 0 aromatic heterocycles. The van der Waals surface area contributed by atoms with Crippen molar-refractivity contribution in [3.63, 3.8) is 0 Å². The molecule has 4 rings (SSSR count). The molecule has 1 N–H and O–H groups in total. The molecular weight excluding hydrogens is 400 g/mol. The van der Waals surface area contributed by atoms with Gasteiger partial charge in [-0.1, -0.05) is 39.3 Å². The Labute approximate surface area is 192 Å². The van der Waals surface area contributed by atoms with E-state index in [1.807, 2.05) is 6.08 Å². The van der Waals surface area contributed by atoms with E-state index >= 15 is 0 Å². The Kier molecular flexibility index (Phi) is 6.05. The van der Waals surface area contributed by atoms with E-state index in [2.05, 4.69) is 27.7 Å². The average Bonchev–Trinajstić information content (AvgIpc) is 3.17. The largest absolute Gasteiger partial charge is 0.478 e. The molecule has 6 atom stereocenters. The maximum absolute atomic E-state index is 13.5. The highest BCUT2D eigenvalue weighted by molar-refractivity contribution is 6.00. The van der Waals surface area contributed by atoms with Crippen LogP contribution in [0.4, 0.5) is 0 Å². The van der Waals surface area contributed by atoms with Gasteiger partial charge in [-0.3, -0.25) is 9.59 Å². The van der Waals surface area contributed by atoms with Crippen molar-refractivity contribution in [2.45, 2.75) is 92.4 Å². The summed E-state index contributed by atoms with van der Waals surface area (Å²) < 4.78 is 0. The summed E-state index contributed by atoms with van der Waals surface area (Å²) >= 11 is 0. The number of allylic oxidation sites excluding steroid dienone is 3. The highest BCUT2D eigenvalue weighted by Crippen LogP contribution is 2.63. The number of carboxylic acid groups (broad SMARTS) is 1. The molecule has 0 amide bonds. The summed E-state index contributed by atoms with van der Waals surface area (Å²) in [5.74, 6) is 2.10. The summed E-state index contributed by atoms with van der Waals surface area (Å²) in [6, 6.07) is 0. The Morgan fingerprint density at radius 2 is 1.88 bits per heavy atom. The Morgan fingerprint density at radius 3 is 2.56 bits per heavy atom. The Bertz CT molecular complexity index is 891. The maximum Gasteiger partial charge on any atom is 0.330 e. The molecule has 0 spiro atoms. The SMILES string of the molecule is C/C(=C/CC[C@@H](C)[C@H]1CC[C@H]2C3=C(CC[C@H]12)[C@@]1(C)CCC(=O)C(C)(C)[C@@H]1CC3=O)C(=O)O. The van der Waals surface area contributed by atoms with Gasteiger partial charge in [0.1, 0.15) is 5.78 Å². The van der Waals surface area contributed by atoms with Gasteiger partial charge in [0.2, 0.25) is 0 Å². The van der Waals surface area contributed by atoms with Crippen LogP contribution in [0.1, 0.15) is 92.4 Å². The van der Waals surface area contributed by atoms with E-state index in [1.54, 1.807) is 6.92 Å². The second-order valence-electron chi connectivity index (χ2n) is 11.9. The van der Waals surface area contributed by atoms with Gasteiger partial charge in [-0.05, 0) is 92.4 Å². The van der Waals surface area contributed by atoms with Crippen LogP contribution in [-0.4, -0.2) is 22.6 Å². The molecule has 2 saturated carbocycles. The molecular formula is C28H40O4. The summed E-state index contributed by atoms with van der Waals surface area (Å²) in [4.78, 5) is 37.2. The number of carboxylic acids is 1. The lowest BCUT2D eigenvalue weighted by atomic mass is 9.47. The first-order valence-electron chi connectivity index (χ1n) is 12.7. The quantitative estimate of drug-likeness (QED) is 0.520. The molecule has 0 radical (unpaired) electrons.